The molecule has 0 aliphatic heterocycles. The van der Waals surface area contributed by atoms with Crippen LogP contribution in [0.15, 0.2) is 30.0 Å². The zero-order chi connectivity index (χ0) is 16.5. The Bertz CT molecular complexity index is 569. The molecule has 0 amide bonds. The zero-order valence-corrected chi connectivity index (χ0v) is 15.1. The van der Waals surface area contributed by atoms with Gasteiger partial charge in [0, 0.05) is 15.3 Å². The average Bonchev–Trinajstić information content (AvgIpc) is 2.42. The lowest BCUT2D eigenvalue weighted by Crippen LogP contribution is -2.08. The maximum Gasteiger partial charge on any atom is 0.332 e. The molecule has 22 heavy (non-hydrogen) atoms. The third-order valence-electron chi connectivity index (χ3n) is 2.64. The van der Waals surface area contributed by atoms with Crippen LogP contribution >= 0.6 is 22.6 Å². The van der Waals surface area contributed by atoms with Crippen molar-refractivity contribution in [1.82, 2.24) is 0 Å². The van der Waals surface area contributed by atoms with E-state index in [4.69, 9.17) is 9.47 Å². The molecule has 1 aromatic rings. The van der Waals surface area contributed by atoms with E-state index in [1.165, 1.54) is 6.08 Å². The standard InChI is InChI=1S/C16H20INO4/c1-4-21-15(19)8-11(3)18-14-7-6-12(9-13(14)17)10-16(20)22-5-2/h6-9,18H,4-5,10H2,1-3H3/b11-8-. The van der Waals surface area contributed by atoms with E-state index in [-0.39, 0.29) is 18.4 Å². The number of ether oxygens (including phenoxy) is 2. The van der Waals surface area contributed by atoms with Crippen LogP contribution in [0.4, 0.5) is 5.69 Å². The molecule has 1 N–H and O–H groups in total. The Morgan fingerprint density at radius 1 is 1.23 bits per heavy atom. The van der Waals surface area contributed by atoms with Crippen LogP contribution in [-0.4, -0.2) is 25.2 Å². The number of hydrogen-bond acceptors (Lipinski definition) is 5. The molecule has 0 atom stereocenters. The lowest BCUT2D eigenvalue weighted by Gasteiger charge is -2.10. The van der Waals surface area contributed by atoms with Crippen molar-refractivity contribution in [3.8, 4) is 0 Å². The van der Waals surface area contributed by atoms with E-state index in [1.807, 2.05) is 18.2 Å². The number of nitrogens with one attached hydrogen (secondary N) is 1. The highest BCUT2D eigenvalue weighted by atomic mass is 127. The topological polar surface area (TPSA) is 64.6 Å². The molecule has 0 saturated carbocycles. The molecule has 0 unspecified atom stereocenters. The molecule has 0 saturated heterocycles. The Balaban J connectivity index is 2.73. The lowest BCUT2D eigenvalue weighted by atomic mass is 10.1. The number of anilines is 1. The third-order valence-corrected chi connectivity index (χ3v) is 3.53. The summed E-state index contributed by atoms with van der Waals surface area (Å²) < 4.78 is 10.7. The van der Waals surface area contributed by atoms with Gasteiger partial charge in [-0.1, -0.05) is 6.07 Å². The summed E-state index contributed by atoms with van der Waals surface area (Å²) >= 11 is 2.18. The summed E-state index contributed by atoms with van der Waals surface area (Å²) in [5, 5.41) is 3.14. The third kappa shape index (κ3) is 6.46. The molecule has 5 nitrogen and oxygen atoms in total. The van der Waals surface area contributed by atoms with Crippen LogP contribution in [0.3, 0.4) is 0 Å². The highest BCUT2D eigenvalue weighted by Gasteiger charge is 2.07. The highest BCUT2D eigenvalue weighted by molar-refractivity contribution is 14.1. The van der Waals surface area contributed by atoms with Crippen LogP contribution in [0.1, 0.15) is 26.3 Å². The molecule has 0 aliphatic rings. The normalized spacial score (nSPS) is 11.0. The first-order valence-electron chi connectivity index (χ1n) is 7.02. The van der Waals surface area contributed by atoms with E-state index in [0.29, 0.717) is 18.9 Å². The lowest BCUT2D eigenvalue weighted by molar-refractivity contribution is -0.142. The van der Waals surface area contributed by atoms with E-state index in [1.54, 1.807) is 20.8 Å². The van der Waals surface area contributed by atoms with Crippen molar-refractivity contribution in [2.75, 3.05) is 18.5 Å². The summed E-state index contributed by atoms with van der Waals surface area (Å²) in [6.45, 7) is 6.07. The van der Waals surface area contributed by atoms with Gasteiger partial charge in [-0.05, 0) is 61.1 Å². The van der Waals surface area contributed by atoms with Gasteiger partial charge in [0.05, 0.1) is 25.3 Å². The number of benzene rings is 1. The number of hydrogen-bond donors (Lipinski definition) is 1. The minimum Gasteiger partial charge on any atom is -0.466 e. The van der Waals surface area contributed by atoms with Crippen molar-refractivity contribution in [3.05, 3.63) is 39.1 Å². The van der Waals surface area contributed by atoms with Crippen molar-refractivity contribution in [2.24, 2.45) is 0 Å². The van der Waals surface area contributed by atoms with Crippen molar-refractivity contribution in [1.29, 1.82) is 0 Å². The van der Waals surface area contributed by atoms with Crippen LogP contribution in [0.2, 0.25) is 0 Å². The molecule has 0 fully saturated rings. The fourth-order valence-electron chi connectivity index (χ4n) is 1.76. The Kier molecular flexibility index (Phi) is 7.94. The van der Waals surface area contributed by atoms with Gasteiger partial charge in [0.25, 0.3) is 0 Å². The van der Waals surface area contributed by atoms with E-state index in [9.17, 15) is 9.59 Å². The molecule has 1 rings (SSSR count). The number of carbonyl (C=O) groups excluding carboxylic acids is 2. The molecule has 0 radical (unpaired) electrons. The predicted octanol–water partition coefficient (Wildman–Crippen LogP) is 3.28. The van der Waals surface area contributed by atoms with Gasteiger partial charge in [-0.3, -0.25) is 4.79 Å². The fraction of sp³-hybridized carbons (Fsp3) is 0.375. The molecular weight excluding hydrogens is 397 g/mol. The van der Waals surface area contributed by atoms with Crippen LogP contribution < -0.4 is 5.32 Å². The average molecular weight is 417 g/mol. The molecule has 120 valence electrons. The number of halogens is 1. The second-order valence-corrected chi connectivity index (χ2v) is 5.66. The Morgan fingerprint density at radius 3 is 2.50 bits per heavy atom. The number of rotatable bonds is 7. The number of allylic oxidation sites excluding steroid dienone is 1. The maximum absolute atomic E-state index is 11.5. The van der Waals surface area contributed by atoms with Crippen LogP contribution in [0.5, 0.6) is 0 Å². The van der Waals surface area contributed by atoms with Crippen LogP contribution in [-0.2, 0) is 25.5 Å². The first-order valence-corrected chi connectivity index (χ1v) is 8.10. The van der Waals surface area contributed by atoms with Crippen molar-refractivity contribution in [3.63, 3.8) is 0 Å². The summed E-state index contributed by atoms with van der Waals surface area (Å²) in [4.78, 5) is 22.8. The molecular formula is C16H20INO4. The molecule has 6 heteroatoms. The summed E-state index contributed by atoms with van der Waals surface area (Å²) in [5.74, 6) is -0.612. The maximum atomic E-state index is 11.5. The smallest absolute Gasteiger partial charge is 0.332 e. The van der Waals surface area contributed by atoms with Gasteiger partial charge in [0.1, 0.15) is 0 Å². The summed E-state index contributed by atoms with van der Waals surface area (Å²) in [7, 11) is 0. The molecule has 0 spiro atoms. The van der Waals surface area contributed by atoms with Crippen molar-refractivity contribution in [2.45, 2.75) is 27.2 Å². The minimum atomic E-state index is -0.374. The van der Waals surface area contributed by atoms with Gasteiger partial charge in [0.15, 0.2) is 0 Å². The monoisotopic (exact) mass is 417 g/mol. The van der Waals surface area contributed by atoms with E-state index in [0.717, 1.165) is 14.8 Å². The molecule has 0 heterocycles. The Morgan fingerprint density at radius 2 is 1.91 bits per heavy atom. The Hall–Kier alpha value is -1.57. The van der Waals surface area contributed by atoms with E-state index >= 15 is 0 Å². The predicted molar refractivity (Wildman–Crippen MR) is 93.5 cm³/mol. The molecule has 1 aromatic carbocycles. The van der Waals surface area contributed by atoms with E-state index in [2.05, 4.69) is 27.9 Å². The molecule has 0 aliphatic carbocycles. The van der Waals surface area contributed by atoms with Crippen molar-refractivity contribution < 1.29 is 19.1 Å². The summed E-state index contributed by atoms with van der Waals surface area (Å²) in [6, 6.07) is 5.65. The van der Waals surface area contributed by atoms with Gasteiger partial charge in [0.2, 0.25) is 0 Å². The summed E-state index contributed by atoms with van der Waals surface area (Å²) in [6.07, 6.45) is 1.66. The van der Waals surface area contributed by atoms with Crippen LogP contribution in [0.25, 0.3) is 0 Å². The Labute approximate surface area is 144 Å². The highest BCUT2D eigenvalue weighted by Crippen LogP contribution is 2.21. The second-order valence-electron chi connectivity index (χ2n) is 4.50. The van der Waals surface area contributed by atoms with Gasteiger partial charge in [-0.25, -0.2) is 4.79 Å². The SMILES string of the molecule is CCOC(=O)/C=C(/C)Nc1ccc(CC(=O)OCC)cc1I. The molecule has 0 bridgehead atoms. The van der Waals surface area contributed by atoms with E-state index < -0.39 is 0 Å². The summed E-state index contributed by atoms with van der Waals surface area (Å²) in [5.41, 5.74) is 2.45. The van der Waals surface area contributed by atoms with Gasteiger partial charge in [-0.2, -0.15) is 0 Å². The van der Waals surface area contributed by atoms with Gasteiger partial charge < -0.3 is 14.8 Å². The number of esters is 2. The first kappa shape index (κ1) is 18.5. The quantitative estimate of drug-likeness (QED) is 0.419. The van der Waals surface area contributed by atoms with Gasteiger partial charge >= 0.3 is 11.9 Å². The second kappa shape index (κ2) is 9.45. The number of carbonyl (C=O) groups is 2. The first-order chi connectivity index (χ1) is 10.5. The largest absolute Gasteiger partial charge is 0.466 e. The van der Waals surface area contributed by atoms with Crippen molar-refractivity contribution >= 4 is 40.2 Å². The minimum absolute atomic E-state index is 0.239. The van der Waals surface area contributed by atoms with Crippen LogP contribution in [0, 0.1) is 3.57 Å². The zero-order valence-electron chi connectivity index (χ0n) is 12.9. The fourth-order valence-corrected chi connectivity index (χ4v) is 2.47. The van der Waals surface area contributed by atoms with Gasteiger partial charge in [-0.15, -0.1) is 0 Å². The molecule has 0 aromatic heterocycles.